The summed E-state index contributed by atoms with van der Waals surface area (Å²) in [4.78, 5) is 25.3. The van der Waals surface area contributed by atoms with Crippen LogP contribution in [0, 0.1) is 17.0 Å². The molecule has 0 radical (unpaired) electrons. The Bertz CT molecular complexity index is 1090. The summed E-state index contributed by atoms with van der Waals surface area (Å²) in [6, 6.07) is 10.1. The van der Waals surface area contributed by atoms with Gasteiger partial charge >= 0.3 is 0 Å². The van der Waals surface area contributed by atoms with Crippen molar-refractivity contribution in [3.8, 4) is 5.69 Å². The largest absolute Gasteiger partial charge is 0.306 e. The maximum Gasteiger partial charge on any atom is 0.280 e. The first-order valence-corrected chi connectivity index (χ1v) is 9.51. The number of non-ortho nitro benzene ring substituents is 1. The average molecular weight is 442 g/mol. The number of aryl methyl sites for hydroxylation is 2. The van der Waals surface area contributed by atoms with Gasteiger partial charge in [-0.15, -0.1) is 5.10 Å². The number of rotatable bonds is 3. The van der Waals surface area contributed by atoms with Crippen molar-refractivity contribution in [1.82, 2.24) is 15.0 Å². The summed E-state index contributed by atoms with van der Waals surface area (Å²) in [5.74, 6) is -0.233. The lowest BCUT2D eigenvalue weighted by Gasteiger charge is -2.30. The molecule has 0 spiro atoms. The molecule has 0 fully saturated rings. The molecule has 142 valence electrons. The van der Waals surface area contributed by atoms with Crippen LogP contribution >= 0.6 is 15.9 Å². The Hall–Kier alpha value is -3.07. The summed E-state index contributed by atoms with van der Waals surface area (Å²) in [7, 11) is 0. The van der Waals surface area contributed by atoms with Crippen molar-refractivity contribution in [1.29, 1.82) is 0 Å². The Morgan fingerprint density at radius 3 is 2.89 bits per heavy atom. The van der Waals surface area contributed by atoms with Crippen LogP contribution in [-0.4, -0.2) is 32.4 Å². The third kappa shape index (κ3) is 3.29. The molecule has 0 atom stereocenters. The SMILES string of the molecule is Cc1cc(Br)cc2c1N(C(=O)c1cn(-c3cccc([N+](=O)[O-])c3)nn1)CCC2. The normalized spacial score (nSPS) is 13.3. The molecule has 2 heterocycles. The van der Waals surface area contributed by atoms with E-state index in [-0.39, 0.29) is 17.3 Å². The van der Waals surface area contributed by atoms with Gasteiger partial charge in [0.1, 0.15) is 0 Å². The van der Waals surface area contributed by atoms with E-state index in [2.05, 4.69) is 26.2 Å². The molecule has 0 unspecified atom stereocenters. The Morgan fingerprint density at radius 1 is 1.29 bits per heavy atom. The highest BCUT2D eigenvalue weighted by molar-refractivity contribution is 9.10. The van der Waals surface area contributed by atoms with Crippen molar-refractivity contribution in [3.63, 3.8) is 0 Å². The molecule has 0 saturated carbocycles. The number of nitro benzene ring substituents is 1. The fourth-order valence-electron chi connectivity index (χ4n) is 3.50. The minimum absolute atomic E-state index is 0.0490. The van der Waals surface area contributed by atoms with Crippen LogP contribution in [0.25, 0.3) is 5.69 Å². The summed E-state index contributed by atoms with van der Waals surface area (Å²) in [5.41, 5.74) is 3.68. The van der Waals surface area contributed by atoms with E-state index in [0.717, 1.165) is 34.1 Å². The number of hydrogen-bond acceptors (Lipinski definition) is 5. The molecule has 0 saturated heterocycles. The van der Waals surface area contributed by atoms with Crippen LogP contribution in [0.5, 0.6) is 0 Å². The average Bonchev–Trinajstić information content (AvgIpc) is 3.17. The summed E-state index contributed by atoms with van der Waals surface area (Å²) in [6.07, 6.45) is 3.29. The monoisotopic (exact) mass is 441 g/mol. The maximum atomic E-state index is 13.1. The predicted octanol–water partition coefficient (Wildman–Crippen LogP) is 3.84. The van der Waals surface area contributed by atoms with Gasteiger partial charge in [0.2, 0.25) is 0 Å². The third-order valence-electron chi connectivity index (χ3n) is 4.70. The number of anilines is 1. The molecule has 2 aromatic carbocycles. The van der Waals surface area contributed by atoms with Gasteiger partial charge in [-0.05, 0) is 49.1 Å². The molecule has 0 bridgehead atoms. The minimum Gasteiger partial charge on any atom is -0.306 e. The molecule has 1 aliphatic heterocycles. The van der Waals surface area contributed by atoms with E-state index in [0.29, 0.717) is 12.2 Å². The van der Waals surface area contributed by atoms with Gasteiger partial charge in [0.15, 0.2) is 5.69 Å². The highest BCUT2D eigenvalue weighted by Gasteiger charge is 2.27. The van der Waals surface area contributed by atoms with E-state index in [4.69, 9.17) is 0 Å². The summed E-state index contributed by atoms with van der Waals surface area (Å²) in [5, 5.41) is 19.0. The molecular formula is C19H16BrN5O3. The predicted molar refractivity (Wildman–Crippen MR) is 107 cm³/mol. The fourth-order valence-corrected chi connectivity index (χ4v) is 4.12. The van der Waals surface area contributed by atoms with Gasteiger partial charge in [0.05, 0.1) is 22.5 Å². The molecule has 4 rings (SSSR count). The van der Waals surface area contributed by atoms with E-state index in [1.165, 1.54) is 23.0 Å². The van der Waals surface area contributed by atoms with Crippen LogP contribution in [0.4, 0.5) is 11.4 Å². The topological polar surface area (TPSA) is 94.2 Å². The van der Waals surface area contributed by atoms with E-state index in [1.54, 1.807) is 17.0 Å². The number of halogens is 1. The van der Waals surface area contributed by atoms with Gasteiger partial charge in [0, 0.05) is 23.2 Å². The number of nitro groups is 1. The number of hydrogen-bond donors (Lipinski definition) is 0. The number of carbonyl (C=O) groups excluding carboxylic acids is 1. The summed E-state index contributed by atoms with van der Waals surface area (Å²) < 4.78 is 2.37. The standard InChI is InChI=1S/C19H16BrN5O3/c1-12-8-14(20)9-13-4-3-7-23(18(12)13)19(26)17-11-24(22-21-17)15-5-2-6-16(10-15)25(27)28/h2,5-6,8-11H,3-4,7H2,1H3. The van der Waals surface area contributed by atoms with Crippen LogP contribution in [0.15, 0.2) is 47.1 Å². The van der Waals surface area contributed by atoms with Gasteiger partial charge in [-0.2, -0.15) is 0 Å². The smallest absolute Gasteiger partial charge is 0.280 e. The van der Waals surface area contributed by atoms with Crippen molar-refractivity contribution in [3.05, 3.63) is 74.0 Å². The Balaban J connectivity index is 1.67. The fraction of sp³-hybridized carbons (Fsp3) is 0.211. The molecular weight excluding hydrogens is 426 g/mol. The molecule has 8 nitrogen and oxygen atoms in total. The molecule has 3 aromatic rings. The van der Waals surface area contributed by atoms with Crippen molar-refractivity contribution < 1.29 is 9.72 Å². The molecule has 0 N–H and O–H groups in total. The minimum atomic E-state index is -0.474. The number of carbonyl (C=O) groups is 1. The van der Waals surface area contributed by atoms with Crippen molar-refractivity contribution in [2.75, 3.05) is 11.4 Å². The van der Waals surface area contributed by atoms with E-state index in [9.17, 15) is 14.9 Å². The van der Waals surface area contributed by atoms with Crippen LogP contribution in [0.1, 0.15) is 28.0 Å². The van der Waals surface area contributed by atoms with Gasteiger partial charge in [-0.1, -0.05) is 27.2 Å². The number of amides is 1. The van der Waals surface area contributed by atoms with E-state index < -0.39 is 4.92 Å². The second kappa shape index (κ2) is 7.16. The zero-order chi connectivity index (χ0) is 19.8. The second-order valence-electron chi connectivity index (χ2n) is 6.62. The maximum absolute atomic E-state index is 13.1. The summed E-state index contributed by atoms with van der Waals surface area (Å²) in [6.45, 7) is 2.59. The Morgan fingerprint density at radius 2 is 2.11 bits per heavy atom. The highest BCUT2D eigenvalue weighted by Crippen LogP contribution is 2.34. The Labute approximate surface area is 169 Å². The zero-order valence-electron chi connectivity index (χ0n) is 15.0. The van der Waals surface area contributed by atoms with Gasteiger partial charge < -0.3 is 4.90 Å². The second-order valence-corrected chi connectivity index (χ2v) is 7.53. The van der Waals surface area contributed by atoms with Crippen LogP contribution < -0.4 is 4.90 Å². The molecule has 1 amide bonds. The number of benzene rings is 2. The van der Waals surface area contributed by atoms with Crippen molar-refractivity contribution in [2.45, 2.75) is 19.8 Å². The van der Waals surface area contributed by atoms with E-state index in [1.807, 2.05) is 19.1 Å². The first-order valence-electron chi connectivity index (χ1n) is 8.72. The Kier molecular flexibility index (Phi) is 4.68. The quantitative estimate of drug-likeness (QED) is 0.454. The summed E-state index contributed by atoms with van der Waals surface area (Å²) >= 11 is 3.51. The lowest BCUT2D eigenvalue weighted by molar-refractivity contribution is -0.384. The number of nitrogens with zero attached hydrogens (tertiary/aromatic N) is 5. The van der Waals surface area contributed by atoms with Gasteiger partial charge in [-0.25, -0.2) is 4.68 Å². The van der Waals surface area contributed by atoms with Crippen LogP contribution in [0.3, 0.4) is 0 Å². The van der Waals surface area contributed by atoms with Gasteiger partial charge in [0.25, 0.3) is 11.6 Å². The molecule has 1 aromatic heterocycles. The molecule has 28 heavy (non-hydrogen) atoms. The molecule has 1 aliphatic rings. The van der Waals surface area contributed by atoms with Gasteiger partial charge in [-0.3, -0.25) is 14.9 Å². The lowest BCUT2D eigenvalue weighted by Crippen LogP contribution is -2.36. The molecule has 9 heteroatoms. The number of aromatic nitrogens is 3. The van der Waals surface area contributed by atoms with Crippen LogP contribution in [-0.2, 0) is 6.42 Å². The van der Waals surface area contributed by atoms with Crippen molar-refractivity contribution >= 4 is 33.2 Å². The first kappa shape index (κ1) is 18.3. The van der Waals surface area contributed by atoms with Crippen LogP contribution in [0.2, 0.25) is 0 Å². The van der Waals surface area contributed by atoms with E-state index >= 15 is 0 Å². The highest BCUT2D eigenvalue weighted by atomic mass is 79.9. The zero-order valence-corrected chi connectivity index (χ0v) is 16.6. The number of fused-ring (bicyclic) bond motifs is 1. The first-order chi connectivity index (χ1) is 13.4. The molecule has 0 aliphatic carbocycles. The third-order valence-corrected chi connectivity index (χ3v) is 5.16. The van der Waals surface area contributed by atoms with Crippen molar-refractivity contribution in [2.24, 2.45) is 0 Å². The lowest BCUT2D eigenvalue weighted by atomic mass is 9.98.